The van der Waals surface area contributed by atoms with Crippen molar-refractivity contribution < 1.29 is 9.53 Å². The maximum Gasteiger partial charge on any atom is 0.153 e. The molecule has 1 aromatic carbocycles. The number of aldehydes is 1. The lowest BCUT2D eigenvalue weighted by Crippen LogP contribution is -1.98. The fourth-order valence-corrected chi connectivity index (χ4v) is 1.33. The molecule has 0 aliphatic carbocycles. The average molecular weight is 230 g/mol. The lowest BCUT2D eigenvalue weighted by molar-refractivity contribution is -0.104. The first kappa shape index (κ1) is 13.2. The van der Waals surface area contributed by atoms with Crippen LogP contribution in [-0.4, -0.2) is 12.9 Å². The fourth-order valence-electron chi connectivity index (χ4n) is 1.33. The Kier molecular flexibility index (Phi) is 5.80. The summed E-state index contributed by atoms with van der Waals surface area (Å²) in [5, 5.41) is 0. The van der Waals surface area contributed by atoms with Crippen LogP contribution in [0.2, 0.25) is 0 Å². The summed E-state index contributed by atoms with van der Waals surface area (Å²) in [6.45, 7) is 6.47. The SMILES string of the molecule is C=C(OCCCC)/C(C=O)=C\c1ccccc1. The number of allylic oxidation sites excluding steroid dienone is 1. The molecule has 0 saturated heterocycles. The Morgan fingerprint density at radius 3 is 2.65 bits per heavy atom. The van der Waals surface area contributed by atoms with Gasteiger partial charge >= 0.3 is 0 Å². The summed E-state index contributed by atoms with van der Waals surface area (Å²) < 4.78 is 5.41. The summed E-state index contributed by atoms with van der Waals surface area (Å²) in [4.78, 5) is 11.0. The summed E-state index contributed by atoms with van der Waals surface area (Å²) in [6.07, 6.45) is 4.59. The molecule has 0 aliphatic rings. The van der Waals surface area contributed by atoms with E-state index in [0.717, 1.165) is 24.7 Å². The number of carbonyl (C=O) groups is 1. The normalized spacial score (nSPS) is 11.0. The summed E-state index contributed by atoms with van der Waals surface area (Å²) in [7, 11) is 0. The maximum atomic E-state index is 11.0. The second-order valence-electron chi connectivity index (χ2n) is 3.75. The molecule has 1 aromatic rings. The largest absolute Gasteiger partial charge is 0.493 e. The van der Waals surface area contributed by atoms with Gasteiger partial charge in [-0.25, -0.2) is 0 Å². The highest BCUT2D eigenvalue weighted by Crippen LogP contribution is 2.13. The minimum atomic E-state index is 0.442. The predicted octanol–water partition coefficient (Wildman–Crippen LogP) is 3.60. The minimum absolute atomic E-state index is 0.442. The van der Waals surface area contributed by atoms with Gasteiger partial charge < -0.3 is 4.74 Å². The number of hydrogen-bond donors (Lipinski definition) is 0. The van der Waals surface area contributed by atoms with E-state index >= 15 is 0 Å². The Hall–Kier alpha value is -1.83. The number of ether oxygens (including phenoxy) is 1. The van der Waals surface area contributed by atoms with Gasteiger partial charge in [0.1, 0.15) is 5.76 Å². The molecule has 0 fully saturated rings. The van der Waals surface area contributed by atoms with Crippen LogP contribution in [0.4, 0.5) is 0 Å². The quantitative estimate of drug-likeness (QED) is 0.235. The Labute approximate surface area is 103 Å². The van der Waals surface area contributed by atoms with Crippen molar-refractivity contribution in [1.82, 2.24) is 0 Å². The van der Waals surface area contributed by atoms with Gasteiger partial charge in [-0.3, -0.25) is 4.79 Å². The number of benzene rings is 1. The zero-order valence-corrected chi connectivity index (χ0v) is 10.2. The van der Waals surface area contributed by atoms with Crippen LogP contribution < -0.4 is 0 Å². The van der Waals surface area contributed by atoms with Crippen molar-refractivity contribution in [1.29, 1.82) is 0 Å². The van der Waals surface area contributed by atoms with Crippen LogP contribution >= 0.6 is 0 Å². The van der Waals surface area contributed by atoms with E-state index in [1.807, 2.05) is 30.3 Å². The van der Waals surface area contributed by atoms with E-state index in [-0.39, 0.29) is 0 Å². The second-order valence-corrected chi connectivity index (χ2v) is 3.75. The maximum absolute atomic E-state index is 11.0. The van der Waals surface area contributed by atoms with Gasteiger partial charge in [0.2, 0.25) is 0 Å². The molecular formula is C15H18O2. The second kappa shape index (κ2) is 7.44. The number of carbonyl (C=O) groups excluding carboxylic acids is 1. The molecule has 2 heteroatoms. The van der Waals surface area contributed by atoms with E-state index in [2.05, 4.69) is 13.5 Å². The van der Waals surface area contributed by atoms with Gasteiger partial charge in [-0.15, -0.1) is 0 Å². The highest BCUT2D eigenvalue weighted by atomic mass is 16.5. The summed E-state index contributed by atoms with van der Waals surface area (Å²) in [5.41, 5.74) is 1.46. The zero-order valence-electron chi connectivity index (χ0n) is 10.2. The molecule has 0 unspecified atom stereocenters. The van der Waals surface area contributed by atoms with Crippen molar-refractivity contribution in [3.05, 3.63) is 53.8 Å². The van der Waals surface area contributed by atoms with Crippen molar-refractivity contribution in [2.75, 3.05) is 6.61 Å². The van der Waals surface area contributed by atoms with Crippen LogP contribution in [0.1, 0.15) is 25.3 Å². The van der Waals surface area contributed by atoms with Gasteiger partial charge in [0, 0.05) is 0 Å². The molecule has 0 N–H and O–H groups in total. The summed E-state index contributed by atoms with van der Waals surface area (Å²) in [6, 6.07) is 9.65. The van der Waals surface area contributed by atoms with E-state index in [1.165, 1.54) is 0 Å². The molecule has 0 bridgehead atoms. The van der Waals surface area contributed by atoms with Crippen molar-refractivity contribution in [2.45, 2.75) is 19.8 Å². The molecule has 17 heavy (non-hydrogen) atoms. The molecule has 2 nitrogen and oxygen atoms in total. The van der Waals surface area contributed by atoms with Gasteiger partial charge in [0.15, 0.2) is 6.29 Å². The molecule has 0 amide bonds. The topological polar surface area (TPSA) is 26.3 Å². The van der Waals surface area contributed by atoms with E-state index in [1.54, 1.807) is 6.08 Å². The van der Waals surface area contributed by atoms with Gasteiger partial charge in [0.05, 0.1) is 12.2 Å². The number of hydrogen-bond acceptors (Lipinski definition) is 2. The van der Waals surface area contributed by atoms with Crippen molar-refractivity contribution >= 4 is 12.4 Å². The van der Waals surface area contributed by atoms with Gasteiger partial charge in [-0.1, -0.05) is 50.3 Å². The molecule has 0 atom stereocenters. The third kappa shape index (κ3) is 4.68. The van der Waals surface area contributed by atoms with Crippen LogP contribution in [0, 0.1) is 0 Å². The Balaban J connectivity index is 2.67. The lowest BCUT2D eigenvalue weighted by Gasteiger charge is -2.08. The first-order valence-corrected chi connectivity index (χ1v) is 5.82. The molecule has 90 valence electrons. The van der Waals surface area contributed by atoms with Crippen LogP contribution in [0.5, 0.6) is 0 Å². The monoisotopic (exact) mass is 230 g/mol. The molecule has 0 heterocycles. The predicted molar refractivity (Wildman–Crippen MR) is 70.5 cm³/mol. The first-order valence-electron chi connectivity index (χ1n) is 5.82. The summed E-state index contributed by atoms with van der Waals surface area (Å²) >= 11 is 0. The Bertz CT molecular complexity index is 391. The molecule has 0 radical (unpaired) electrons. The lowest BCUT2D eigenvalue weighted by atomic mass is 10.1. The van der Waals surface area contributed by atoms with Crippen molar-refractivity contribution in [3.63, 3.8) is 0 Å². The van der Waals surface area contributed by atoms with Gasteiger partial charge in [-0.2, -0.15) is 0 Å². The van der Waals surface area contributed by atoms with Crippen LogP contribution in [0.15, 0.2) is 48.2 Å². The third-order valence-corrected chi connectivity index (χ3v) is 2.34. The standard InChI is InChI=1S/C15H18O2/c1-3-4-10-17-13(2)15(12-16)11-14-8-6-5-7-9-14/h5-9,11-12H,2-4,10H2,1H3/b15-11-. The highest BCUT2D eigenvalue weighted by molar-refractivity contribution is 5.86. The van der Waals surface area contributed by atoms with Gasteiger partial charge in [0.25, 0.3) is 0 Å². The van der Waals surface area contributed by atoms with Crippen LogP contribution in [-0.2, 0) is 9.53 Å². The fraction of sp³-hybridized carbons (Fsp3) is 0.267. The Morgan fingerprint density at radius 2 is 2.06 bits per heavy atom. The smallest absolute Gasteiger partial charge is 0.153 e. The molecule has 0 aliphatic heterocycles. The van der Waals surface area contributed by atoms with Crippen LogP contribution in [0.25, 0.3) is 6.08 Å². The molecule has 0 spiro atoms. The molecule has 1 rings (SSSR count). The third-order valence-electron chi connectivity index (χ3n) is 2.34. The Morgan fingerprint density at radius 1 is 1.35 bits per heavy atom. The highest BCUT2D eigenvalue weighted by Gasteiger charge is 2.02. The molecule has 0 saturated carbocycles. The molecule has 0 aromatic heterocycles. The van der Waals surface area contributed by atoms with Gasteiger partial charge in [-0.05, 0) is 18.1 Å². The minimum Gasteiger partial charge on any atom is -0.493 e. The average Bonchev–Trinajstić information content (AvgIpc) is 2.37. The van der Waals surface area contributed by atoms with E-state index in [0.29, 0.717) is 17.9 Å². The van der Waals surface area contributed by atoms with E-state index in [9.17, 15) is 4.79 Å². The summed E-state index contributed by atoms with van der Waals surface area (Å²) in [5.74, 6) is 0.442. The van der Waals surface area contributed by atoms with E-state index in [4.69, 9.17) is 4.74 Å². The van der Waals surface area contributed by atoms with Crippen molar-refractivity contribution in [3.8, 4) is 0 Å². The number of unbranched alkanes of at least 4 members (excludes halogenated alkanes) is 1. The van der Waals surface area contributed by atoms with E-state index < -0.39 is 0 Å². The zero-order chi connectivity index (χ0) is 12.5. The first-order chi connectivity index (χ1) is 8.27. The van der Waals surface area contributed by atoms with Crippen molar-refractivity contribution in [2.24, 2.45) is 0 Å². The number of rotatable bonds is 7. The van der Waals surface area contributed by atoms with Crippen LogP contribution in [0.3, 0.4) is 0 Å². The molecular weight excluding hydrogens is 212 g/mol.